The van der Waals surface area contributed by atoms with Crippen molar-refractivity contribution in [1.29, 1.82) is 0 Å². The highest BCUT2D eigenvalue weighted by molar-refractivity contribution is 9.10. The highest BCUT2D eigenvalue weighted by Gasteiger charge is 2.20. The monoisotopic (exact) mass is 261 g/mol. The zero-order chi connectivity index (χ0) is 10.7. The smallest absolute Gasteiger partial charge is 0.330 e. The van der Waals surface area contributed by atoms with Gasteiger partial charge in [0.05, 0.1) is 11.6 Å². The highest BCUT2D eigenvalue weighted by Crippen LogP contribution is 2.21. The van der Waals surface area contributed by atoms with Crippen molar-refractivity contribution in [3.8, 4) is 0 Å². The lowest BCUT2D eigenvalue weighted by Crippen LogP contribution is -2.20. The lowest BCUT2D eigenvalue weighted by Gasteiger charge is -2.11. The topological polar surface area (TPSA) is 70.1 Å². The second-order valence-corrected chi connectivity index (χ2v) is 3.64. The zero-order valence-electron chi connectivity index (χ0n) is 8.03. The number of ether oxygens (including phenoxy) is 1. The molecule has 0 amide bonds. The summed E-state index contributed by atoms with van der Waals surface area (Å²) in [5.41, 5.74) is 5.54. The van der Waals surface area contributed by atoms with E-state index in [1.807, 2.05) is 6.92 Å². The Morgan fingerprint density at radius 3 is 2.86 bits per heavy atom. The number of carbonyl (C=O) groups is 1. The van der Waals surface area contributed by atoms with Crippen molar-refractivity contribution >= 4 is 27.7 Å². The van der Waals surface area contributed by atoms with Gasteiger partial charge in [0.15, 0.2) is 5.82 Å². The van der Waals surface area contributed by atoms with Gasteiger partial charge in [0.1, 0.15) is 6.04 Å². The first-order valence-corrected chi connectivity index (χ1v) is 4.97. The van der Waals surface area contributed by atoms with E-state index in [2.05, 4.69) is 25.8 Å². The van der Waals surface area contributed by atoms with Crippen LogP contribution in [0.1, 0.15) is 19.4 Å². The third-order valence-corrected chi connectivity index (χ3v) is 2.50. The summed E-state index contributed by atoms with van der Waals surface area (Å²) >= 11 is 3.22. The van der Waals surface area contributed by atoms with Crippen LogP contribution in [-0.2, 0) is 9.53 Å². The Kier molecular flexibility index (Phi) is 3.51. The molecule has 14 heavy (non-hydrogen) atoms. The van der Waals surface area contributed by atoms with E-state index in [1.165, 1.54) is 11.8 Å². The van der Waals surface area contributed by atoms with Gasteiger partial charge in [-0.15, -0.1) is 0 Å². The Bertz CT molecular complexity index is 318. The van der Waals surface area contributed by atoms with Crippen molar-refractivity contribution < 1.29 is 9.53 Å². The van der Waals surface area contributed by atoms with Crippen LogP contribution in [-0.4, -0.2) is 22.9 Å². The molecule has 78 valence electrons. The molecule has 0 spiro atoms. The molecule has 0 saturated heterocycles. The molecule has 1 rings (SSSR count). The summed E-state index contributed by atoms with van der Waals surface area (Å²) in [6.45, 7) is 1.88. The Morgan fingerprint density at radius 1 is 1.86 bits per heavy atom. The van der Waals surface area contributed by atoms with E-state index >= 15 is 0 Å². The highest BCUT2D eigenvalue weighted by atomic mass is 79.9. The van der Waals surface area contributed by atoms with E-state index < -0.39 is 6.04 Å². The number of methoxy groups -OCH3 is 1. The standard InChI is InChI=1S/C8H12BrN3O2/c1-3-6(8(13)14-2)12-4-5(9)7(10)11-12/h4,6H,3H2,1-2H3,(H2,10,11). The largest absolute Gasteiger partial charge is 0.467 e. The van der Waals surface area contributed by atoms with Crippen LogP contribution in [0.4, 0.5) is 5.82 Å². The third kappa shape index (κ3) is 2.06. The number of carbonyl (C=O) groups excluding carboxylic acids is 1. The van der Waals surface area contributed by atoms with Crippen LogP contribution in [0.15, 0.2) is 10.7 Å². The first-order chi connectivity index (χ1) is 6.60. The molecule has 2 N–H and O–H groups in total. The number of nitrogen functional groups attached to an aromatic ring is 1. The fourth-order valence-electron chi connectivity index (χ4n) is 1.14. The van der Waals surface area contributed by atoms with Crippen molar-refractivity contribution in [2.45, 2.75) is 19.4 Å². The Hall–Kier alpha value is -1.04. The molecule has 0 aliphatic rings. The van der Waals surface area contributed by atoms with Gasteiger partial charge in [-0.05, 0) is 22.4 Å². The fraction of sp³-hybridized carbons (Fsp3) is 0.500. The number of hydrogen-bond acceptors (Lipinski definition) is 4. The van der Waals surface area contributed by atoms with Crippen LogP contribution >= 0.6 is 15.9 Å². The summed E-state index contributed by atoms with van der Waals surface area (Å²) in [4.78, 5) is 11.3. The molecule has 0 saturated carbocycles. The molecular weight excluding hydrogens is 250 g/mol. The third-order valence-electron chi connectivity index (χ3n) is 1.89. The number of hydrogen-bond donors (Lipinski definition) is 1. The molecule has 0 bridgehead atoms. The predicted molar refractivity (Wildman–Crippen MR) is 55.7 cm³/mol. The van der Waals surface area contributed by atoms with E-state index in [1.54, 1.807) is 6.20 Å². The molecule has 1 aromatic rings. The van der Waals surface area contributed by atoms with Gasteiger partial charge in [0.25, 0.3) is 0 Å². The normalized spacial score (nSPS) is 12.5. The number of rotatable bonds is 3. The van der Waals surface area contributed by atoms with Gasteiger partial charge in [-0.2, -0.15) is 5.10 Å². The molecule has 0 aliphatic carbocycles. The van der Waals surface area contributed by atoms with Crippen molar-refractivity contribution in [1.82, 2.24) is 9.78 Å². The summed E-state index contributed by atoms with van der Waals surface area (Å²) in [5.74, 6) is 0.0508. The second kappa shape index (κ2) is 4.45. The Labute approximate surface area is 90.3 Å². The average Bonchev–Trinajstić information content (AvgIpc) is 2.48. The maximum absolute atomic E-state index is 11.3. The van der Waals surface area contributed by atoms with Crippen LogP contribution < -0.4 is 5.73 Å². The number of halogens is 1. The summed E-state index contributed by atoms with van der Waals surface area (Å²) < 4.78 is 6.84. The van der Waals surface area contributed by atoms with Crippen LogP contribution in [0.5, 0.6) is 0 Å². The molecule has 1 unspecified atom stereocenters. The van der Waals surface area contributed by atoms with Crippen LogP contribution in [0.25, 0.3) is 0 Å². The lowest BCUT2D eigenvalue weighted by molar-refractivity contribution is -0.145. The fourth-order valence-corrected chi connectivity index (χ4v) is 1.43. The van der Waals surface area contributed by atoms with Gasteiger partial charge in [-0.25, -0.2) is 4.79 Å². The van der Waals surface area contributed by atoms with Crippen molar-refractivity contribution in [2.75, 3.05) is 12.8 Å². The molecule has 1 heterocycles. The molecule has 1 atom stereocenters. The number of nitrogens with zero attached hydrogens (tertiary/aromatic N) is 2. The molecule has 0 fully saturated rings. The van der Waals surface area contributed by atoms with Gasteiger partial charge in [0, 0.05) is 6.20 Å². The summed E-state index contributed by atoms with van der Waals surface area (Å²) in [7, 11) is 1.35. The summed E-state index contributed by atoms with van der Waals surface area (Å²) in [5, 5.41) is 4.00. The summed E-state index contributed by atoms with van der Waals surface area (Å²) in [6, 6.07) is -0.409. The minimum atomic E-state index is -0.409. The first-order valence-electron chi connectivity index (χ1n) is 4.18. The molecular formula is C8H12BrN3O2. The van der Waals surface area contributed by atoms with Gasteiger partial charge in [0.2, 0.25) is 0 Å². The maximum Gasteiger partial charge on any atom is 0.330 e. The molecule has 6 heteroatoms. The average molecular weight is 262 g/mol. The Morgan fingerprint density at radius 2 is 2.50 bits per heavy atom. The van der Waals surface area contributed by atoms with Crippen LogP contribution in [0.2, 0.25) is 0 Å². The number of anilines is 1. The van der Waals surface area contributed by atoms with Gasteiger partial charge in [-0.3, -0.25) is 4.68 Å². The maximum atomic E-state index is 11.3. The Balaban J connectivity index is 2.95. The van der Waals surface area contributed by atoms with E-state index in [9.17, 15) is 4.79 Å². The van der Waals surface area contributed by atoms with E-state index in [0.717, 1.165) is 0 Å². The lowest BCUT2D eigenvalue weighted by atomic mass is 10.2. The minimum Gasteiger partial charge on any atom is -0.467 e. The molecule has 0 aliphatic heterocycles. The second-order valence-electron chi connectivity index (χ2n) is 2.79. The predicted octanol–water partition coefficient (Wildman–Crippen LogP) is 1.35. The SMILES string of the molecule is CCC(C(=O)OC)n1cc(Br)c(N)n1. The molecule has 1 aromatic heterocycles. The minimum absolute atomic E-state index is 0.317. The summed E-state index contributed by atoms with van der Waals surface area (Å²) in [6.07, 6.45) is 2.28. The first kappa shape index (κ1) is 11.0. The van der Waals surface area contributed by atoms with E-state index in [-0.39, 0.29) is 5.97 Å². The van der Waals surface area contributed by atoms with Crippen LogP contribution in [0.3, 0.4) is 0 Å². The number of nitrogens with two attached hydrogens (primary N) is 1. The van der Waals surface area contributed by atoms with Crippen LogP contribution in [0, 0.1) is 0 Å². The van der Waals surface area contributed by atoms with E-state index in [4.69, 9.17) is 5.73 Å². The molecule has 0 radical (unpaired) electrons. The number of esters is 1. The number of aromatic nitrogens is 2. The quantitative estimate of drug-likeness (QED) is 0.835. The van der Waals surface area contributed by atoms with Crippen molar-refractivity contribution in [2.24, 2.45) is 0 Å². The van der Waals surface area contributed by atoms with Crippen molar-refractivity contribution in [3.05, 3.63) is 10.7 Å². The van der Waals surface area contributed by atoms with Gasteiger partial charge in [-0.1, -0.05) is 6.92 Å². The van der Waals surface area contributed by atoms with E-state index in [0.29, 0.717) is 16.7 Å². The molecule has 0 aromatic carbocycles. The van der Waals surface area contributed by atoms with Gasteiger partial charge >= 0.3 is 5.97 Å². The van der Waals surface area contributed by atoms with Crippen molar-refractivity contribution in [3.63, 3.8) is 0 Å². The van der Waals surface area contributed by atoms with Gasteiger partial charge < -0.3 is 10.5 Å². The zero-order valence-corrected chi connectivity index (χ0v) is 9.61. The molecule has 5 nitrogen and oxygen atoms in total.